The number of hydrogen-bond donors (Lipinski definition) is 0. The van der Waals surface area contributed by atoms with Gasteiger partial charge >= 0.3 is 8.56 Å². The topological polar surface area (TPSA) is 44.2 Å². The van der Waals surface area contributed by atoms with E-state index in [0.29, 0.717) is 13.2 Å². The van der Waals surface area contributed by atoms with E-state index in [-0.39, 0.29) is 0 Å². The van der Waals surface area contributed by atoms with Gasteiger partial charge in [0.15, 0.2) is 0 Å². The molecule has 23 heavy (non-hydrogen) atoms. The Morgan fingerprint density at radius 2 is 1.13 bits per heavy atom. The molecule has 2 aromatic heterocycles. The molecular formula is C18H26N2O2Si. The smallest absolute Gasteiger partial charge is 0.337 e. The third-order valence-electron chi connectivity index (χ3n) is 4.09. The zero-order valence-electron chi connectivity index (χ0n) is 14.1. The second kappa shape index (κ2) is 9.55. The van der Waals surface area contributed by atoms with Gasteiger partial charge in [-0.05, 0) is 60.3 Å². The third-order valence-corrected chi connectivity index (χ3v) is 7.70. The Bertz CT molecular complexity index is 500. The molecule has 0 aromatic carbocycles. The van der Waals surface area contributed by atoms with Crippen LogP contribution >= 0.6 is 0 Å². The minimum Gasteiger partial charge on any atom is -0.394 e. The Morgan fingerprint density at radius 3 is 1.48 bits per heavy atom. The van der Waals surface area contributed by atoms with E-state index in [4.69, 9.17) is 8.85 Å². The first-order valence-corrected chi connectivity index (χ1v) is 10.6. The molecule has 0 radical (unpaired) electrons. The van der Waals surface area contributed by atoms with Crippen LogP contribution in [0.5, 0.6) is 0 Å². The molecule has 0 aliphatic rings. The molecule has 2 heterocycles. The van der Waals surface area contributed by atoms with Crippen molar-refractivity contribution < 1.29 is 8.85 Å². The van der Waals surface area contributed by atoms with Crippen LogP contribution in [-0.4, -0.2) is 31.7 Å². The van der Waals surface area contributed by atoms with Crippen molar-refractivity contribution in [3.8, 4) is 0 Å². The fraction of sp³-hybridized carbons (Fsp3) is 0.444. The molecular weight excluding hydrogens is 304 g/mol. The summed E-state index contributed by atoms with van der Waals surface area (Å²) in [5.41, 5.74) is 2.51. The van der Waals surface area contributed by atoms with Crippen LogP contribution in [-0.2, 0) is 21.7 Å². The fourth-order valence-corrected chi connectivity index (χ4v) is 4.86. The summed E-state index contributed by atoms with van der Waals surface area (Å²) in [5, 5.41) is 0. The van der Waals surface area contributed by atoms with E-state index in [1.165, 1.54) is 11.1 Å². The van der Waals surface area contributed by atoms with Gasteiger partial charge in [0.2, 0.25) is 0 Å². The van der Waals surface area contributed by atoms with Crippen molar-refractivity contribution >= 4 is 8.56 Å². The second-order valence-electron chi connectivity index (χ2n) is 5.53. The molecule has 0 aliphatic heterocycles. The standard InChI is InChI=1S/C18H26N2O2Si/c1-3-23(4-2,21-15-9-17-5-11-19-12-6-17)22-16-10-18-7-13-20-14-8-18/h5-8,11-14H,3-4,9-10,15-16H2,1-2H3. The summed E-state index contributed by atoms with van der Waals surface area (Å²) in [7, 11) is -2.08. The summed E-state index contributed by atoms with van der Waals surface area (Å²) >= 11 is 0. The van der Waals surface area contributed by atoms with Gasteiger partial charge < -0.3 is 8.85 Å². The molecule has 0 bridgehead atoms. The molecule has 0 fully saturated rings. The van der Waals surface area contributed by atoms with Gasteiger partial charge in [0.1, 0.15) is 0 Å². The van der Waals surface area contributed by atoms with Gasteiger partial charge in [0.25, 0.3) is 0 Å². The summed E-state index contributed by atoms with van der Waals surface area (Å²) in [4.78, 5) is 8.09. The van der Waals surface area contributed by atoms with Crippen molar-refractivity contribution in [3.05, 3.63) is 60.2 Å². The van der Waals surface area contributed by atoms with E-state index >= 15 is 0 Å². The third kappa shape index (κ3) is 5.86. The Balaban J connectivity index is 1.80. The monoisotopic (exact) mass is 330 g/mol. The molecule has 0 spiro atoms. The molecule has 0 amide bonds. The first kappa shape index (κ1) is 17.8. The predicted octanol–water partition coefficient (Wildman–Crippen LogP) is 3.78. The minimum absolute atomic E-state index is 0.715. The van der Waals surface area contributed by atoms with Crippen molar-refractivity contribution in [2.24, 2.45) is 0 Å². The highest BCUT2D eigenvalue weighted by molar-refractivity contribution is 6.67. The zero-order chi connectivity index (χ0) is 16.4. The fourth-order valence-electron chi connectivity index (χ4n) is 2.51. The lowest BCUT2D eigenvalue weighted by atomic mass is 10.2. The largest absolute Gasteiger partial charge is 0.394 e. The molecule has 2 rings (SSSR count). The first-order chi connectivity index (χ1) is 11.3. The molecule has 5 heteroatoms. The highest BCUT2D eigenvalue weighted by Crippen LogP contribution is 2.19. The van der Waals surface area contributed by atoms with Crippen LogP contribution in [0.3, 0.4) is 0 Å². The van der Waals surface area contributed by atoms with E-state index in [0.717, 1.165) is 24.9 Å². The number of aromatic nitrogens is 2. The van der Waals surface area contributed by atoms with E-state index < -0.39 is 8.56 Å². The maximum atomic E-state index is 6.25. The molecule has 0 aliphatic carbocycles. The Kier molecular flexibility index (Phi) is 7.38. The van der Waals surface area contributed by atoms with E-state index in [2.05, 4.69) is 23.8 Å². The average molecular weight is 331 g/mol. The van der Waals surface area contributed by atoms with Gasteiger partial charge in [0, 0.05) is 38.0 Å². The Labute approximate surface area is 140 Å². The maximum Gasteiger partial charge on any atom is 0.337 e. The summed E-state index contributed by atoms with van der Waals surface area (Å²) in [5.74, 6) is 0. The lowest BCUT2D eigenvalue weighted by Crippen LogP contribution is -2.41. The van der Waals surface area contributed by atoms with E-state index in [1.807, 2.05) is 49.1 Å². The van der Waals surface area contributed by atoms with Crippen molar-refractivity contribution in [3.63, 3.8) is 0 Å². The number of hydrogen-bond acceptors (Lipinski definition) is 4. The van der Waals surface area contributed by atoms with Crippen LogP contribution in [0.1, 0.15) is 25.0 Å². The molecule has 124 valence electrons. The van der Waals surface area contributed by atoms with Gasteiger partial charge in [-0.15, -0.1) is 0 Å². The predicted molar refractivity (Wildman–Crippen MR) is 94.5 cm³/mol. The minimum atomic E-state index is -2.08. The molecule has 4 nitrogen and oxygen atoms in total. The Morgan fingerprint density at radius 1 is 0.739 bits per heavy atom. The van der Waals surface area contributed by atoms with Gasteiger partial charge in [-0.2, -0.15) is 0 Å². The highest BCUT2D eigenvalue weighted by atomic mass is 28.4. The molecule has 0 saturated carbocycles. The molecule has 2 aromatic rings. The van der Waals surface area contributed by atoms with Crippen molar-refractivity contribution in [2.45, 2.75) is 38.8 Å². The molecule has 0 N–H and O–H groups in total. The maximum absolute atomic E-state index is 6.25. The number of pyridine rings is 2. The van der Waals surface area contributed by atoms with Gasteiger partial charge in [-0.25, -0.2) is 0 Å². The quantitative estimate of drug-likeness (QED) is 0.622. The average Bonchev–Trinajstić information content (AvgIpc) is 2.62. The van der Waals surface area contributed by atoms with Crippen LogP contribution in [0.2, 0.25) is 12.1 Å². The lowest BCUT2D eigenvalue weighted by molar-refractivity contribution is 0.172. The summed E-state index contributed by atoms with van der Waals surface area (Å²) in [6.07, 6.45) is 9.11. The summed E-state index contributed by atoms with van der Waals surface area (Å²) < 4.78 is 12.5. The van der Waals surface area contributed by atoms with Crippen LogP contribution in [0.4, 0.5) is 0 Å². The van der Waals surface area contributed by atoms with E-state index in [9.17, 15) is 0 Å². The van der Waals surface area contributed by atoms with Crippen LogP contribution in [0, 0.1) is 0 Å². The van der Waals surface area contributed by atoms with Crippen LogP contribution < -0.4 is 0 Å². The van der Waals surface area contributed by atoms with Gasteiger partial charge in [-0.1, -0.05) is 13.8 Å². The van der Waals surface area contributed by atoms with Crippen molar-refractivity contribution in [1.29, 1.82) is 0 Å². The van der Waals surface area contributed by atoms with E-state index in [1.54, 1.807) is 0 Å². The summed E-state index contributed by atoms with van der Waals surface area (Å²) in [6, 6.07) is 10.1. The molecule has 0 saturated heterocycles. The van der Waals surface area contributed by atoms with Crippen molar-refractivity contribution in [2.75, 3.05) is 13.2 Å². The Hall–Kier alpha value is -1.56. The van der Waals surface area contributed by atoms with Crippen LogP contribution in [0.15, 0.2) is 49.1 Å². The van der Waals surface area contributed by atoms with Crippen LogP contribution in [0.25, 0.3) is 0 Å². The summed E-state index contributed by atoms with van der Waals surface area (Å²) in [6.45, 7) is 5.78. The molecule has 0 unspecified atom stereocenters. The lowest BCUT2D eigenvalue weighted by Gasteiger charge is -2.29. The second-order valence-corrected chi connectivity index (χ2v) is 9.34. The molecule has 0 atom stereocenters. The first-order valence-electron chi connectivity index (χ1n) is 8.33. The number of rotatable bonds is 10. The number of nitrogens with zero attached hydrogens (tertiary/aromatic N) is 2. The zero-order valence-corrected chi connectivity index (χ0v) is 15.1. The SMILES string of the molecule is CC[Si](CC)(OCCc1ccncc1)OCCc1ccncc1. The van der Waals surface area contributed by atoms with Crippen molar-refractivity contribution in [1.82, 2.24) is 9.97 Å². The highest BCUT2D eigenvalue weighted by Gasteiger charge is 2.33. The normalized spacial score (nSPS) is 11.6. The van der Waals surface area contributed by atoms with Gasteiger partial charge in [-0.3, -0.25) is 9.97 Å². The van der Waals surface area contributed by atoms with Gasteiger partial charge in [0.05, 0.1) is 0 Å².